The lowest BCUT2D eigenvalue weighted by molar-refractivity contribution is 0.578. The van der Waals surface area contributed by atoms with E-state index in [1.165, 1.54) is 12.0 Å². The fourth-order valence-electron chi connectivity index (χ4n) is 2.85. The van der Waals surface area contributed by atoms with E-state index in [1.807, 2.05) is 19.2 Å². The molecular weight excluding hydrogens is 236 g/mol. The van der Waals surface area contributed by atoms with Gasteiger partial charge in [-0.25, -0.2) is 0 Å². The maximum Gasteiger partial charge on any atom is 0.149 e. The first-order valence-corrected chi connectivity index (χ1v) is 6.71. The molecular formula is C15H18N4. The van der Waals surface area contributed by atoms with Crippen LogP contribution in [0.3, 0.4) is 0 Å². The normalized spacial score (nSPS) is 18.1. The molecule has 0 saturated carbocycles. The van der Waals surface area contributed by atoms with Crippen LogP contribution in [0, 0.1) is 13.8 Å². The second-order valence-corrected chi connectivity index (χ2v) is 5.21. The van der Waals surface area contributed by atoms with Gasteiger partial charge in [-0.2, -0.15) is 5.10 Å². The average molecular weight is 254 g/mol. The molecule has 0 amide bonds. The molecule has 98 valence electrons. The Morgan fingerprint density at radius 3 is 2.84 bits per heavy atom. The SMILES string of the molecule is Cc1c(N)nnc(C2CCCc3cccnc32)c1C. The van der Waals surface area contributed by atoms with Crippen molar-refractivity contribution in [2.45, 2.75) is 39.0 Å². The smallest absolute Gasteiger partial charge is 0.149 e. The van der Waals surface area contributed by atoms with Crippen LogP contribution < -0.4 is 5.73 Å². The Kier molecular flexibility index (Phi) is 2.93. The topological polar surface area (TPSA) is 64.7 Å². The third-order valence-electron chi connectivity index (χ3n) is 4.12. The summed E-state index contributed by atoms with van der Waals surface area (Å²) in [6.45, 7) is 4.08. The van der Waals surface area contributed by atoms with Crippen molar-refractivity contribution in [3.8, 4) is 0 Å². The number of nitrogens with zero attached hydrogens (tertiary/aromatic N) is 3. The van der Waals surface area contributed by atoms with Crippen molar-refractivity contribution in [1.82, 2.24) is 15.2 Å². The first-order valence-electron chi connectivity index (χ1n) is 6.71. The molecule has 2 heterocycles. The van der Waals surface area contributed by atoms with Gasteiger partial charge in [-0.15, -0.1) is 5.10 Å². The lowest BCUT2D eigenvalue weighted by Gasteiger charge is -2.25. The maximum absolute atomic E-state index is 5.82. The van der Waals surface area contributed by atoms with Crippen LogP contribution >= 0.6 is 0 Å². The number of aromatic nitrogens is 3. The van der Waals surface area contributed by atoms with E-state index >= 15 is 0 Å². The minimum atomic E-state index is 0.261. The van der Waals surface area contributed by atoms with E-state index in [1.54, 1.807) is 0 Å². The van der Waals surface area contributed by atoms with Crippen LogP contribution in [0.15, 0.2) is 18.3 Å². The monoisotopic (exact) mass is 254 g/mol. The summed E-state index contributed by atoms with van der Waals surface area (Å²) in [5.41, 5.74) is 11.5. The van der Waals surface area contributed by atoms with E-state index in [9.17, 15) is 0 Å². The summed E-state index contributed by atoms with van der Waals surface area (Å²) in [6.07, 6.45) is 5.24. The molecule has 1 atom stereocenters. The Balaban J connectivity index is 2.12. The van der Waals surface area contributed by atoms with Crippen LogP contribution in [0.2, 0.25) is 0 Å². The maximum atomic E-state index is 5.82. The molecule has 0 aliphatic heterocycles. The summed E-state index contributed by atoms with van der Waals surface area (Å²) in [5, 5.41) is 8.43. The van der Waals surface area contributed by atoms with Gasteiger partial charge in [-0.1, -0.05) is 6.07 Å². The molecule has 3 rings (SSSR count). The van der Waals surface area contributed by atoms with Gasteiger partial charge in [0.2, 0.25) is 0 Å². The Bertz CT molecular complexity index is 622. The van der Waals surface area contributed by atoms with Gasteiger partial charge < -0.3 is 5.73 Å². The Labute approximate surface area is 113 Å². The zero-order valence-corrected chi connectivity index (χ0v) is 11.3. The zero-order valence-electron chi connectivity index (χ0n) is 11.3. The van der Waals surface area contributed by atoms with Crippen molar-refractivity contribution >= 4 is 5.82 Å². The van der Waals surface area contributed by atoms with Gasteiger partial charge in [0.25, 0.3) is 0 Å². The van der Waals surface area contributed by atoms with Gasteiger partial charge in [0, 0.05) is 12.1 Å². The summed E-state index contributed by atoms with van der Waals surface area (Å²) >= 11 is 0. The van der Waals surface area contributed by atoms with Gasteiger partial charge in [0.15, 0.2) is 0 Å². The van der Waals surface area contributed by atoms with E-state index in [2.05, 4.69) is 28.2 Å². The average Bonchev–Trinajstić information content (AvgIpc) is 2.45. The molecule has 1 unspecified atom stereocenters. The predicted octanol–water partition coefficient (Wildman–Crippen LogP) is 2.54. The highest BCUT2D eigenvalue weighted by molar-refractivity contribution is 5.46. The molecule has 2 aromatic heterocycles. The number of hydrogen-bond acceptors (Lipinski definition) is 4. The number of hydrogen-bond donors (Lipinski definition) is 1. The summed E-state index contributed by atoms with van der Waals surface area (Å²) in [5.74, 6) is 0.787. The molecule has 0 bridgehead atoms. The van der Waals surface area contributed by atoms with Gasteiger partial charge in [-0.05, 0) is 55.9 Å². The molecule has 4 heteroatoms. The van der Waals surface area contributed by atoms with Crippen LogP contribution in [0.25, 0.3) is 0 Å². The zero-order chi connectivity index (χ0) is 13.4. The van der Waals surface area contributed by atoms with Gasteiger partial charge >= 0.3 is 0 Å². The molecule has 0 fully saturated rings. The number of pyridine rings is 1. The largest absolute Gasteiger partial charge is 0.382 e. The third-order valence-corrected chi connectivity index (χ3v) is 4.12. The molecule has 4 nitrogen and oxygen atoms in total. The van der Waals surface area contributed by atoms with Crippen LogP contribution in [0.1, 0.15) is 46.8 Å². The first kappa shape index (κ1) is 12.1. The molecule has 0 spiro atoms. The fourth-order valence-corrected chi connectivity index (χ4v) is 2.85. The van der Waals surface area contributed by atoms with Gasteiger partial charge in [0.1, 0.15) is 5.82 Å². The predicted molar refractivity (Wildman–Crippen MR) is 74.9 cm³/mol. The van der Waals surface area contributed by atoms with E-state index in [-0.39, 0.29) is 5.92 Å². The van der Waals surface area contributed by atoms with Gasteiger partial charge in [0.05, 0.1) is 11.4 Å². The van der Waals surface area contributed by atoms with Crippen molar-refractivity contribution in [2.24, 2.45) is 0 Å². The summed E-state index contributed by atoms with van der Waals surface area (Å²) < 4.78 is 0. The fraction of sp³-hybridized carbons (Fsp3) is 0.400. The Morgan fingerprint density at radius 1 is 1.16 bits per heavy atom. The van der Waals surface area contributed by atoms with Crippen molar-refractivity contribution in [2.75, 3.05) is 5.73 Å². The minimum absolute atomic E-state index is 0.261. The summed E-state index contributed by atoms with van der Waals surface area (Å²) in [4.78, 5) is 4.57. The third kappa shape index (κ3) is 1.97. The van der Waals surface area contributed by atoms with E-state index in [0.717, 1.165) is 35.4 Å². The number of nitrogens with two attached hydrogens (primary N) is 1. The molecule has 0 aromatic carbocycles. The lowest BCUT2D eigenvalue weighted by Crippen LogP contribution is -2.17. The van der Waals surface area contributed by atoms with Gasteiger partial charge in [-0.3, -0.25) is 4.98 Å². The highest BCUT2D eigenvalue weighted by Gasteiger charge is 2.26. The van der Waals surface area contributed by atoms with Crippen molar-refractivity contribution < 1.29 is 0 Å². The van der Waals surface area contributed by atoms with Crippen molar-refractivity contribution in [3.63, 3.8) is 0 Å². The Morgan fingerprint density at radius 2 is 2.00 bits per heavy atom. The van der Waals surface area contributed by atoms with E-state index in [4.69, 9.17) is 5.73 Å². The lowest BCUT2D eigenvalue weighted by atomic mass is 9.83. The van der Waals surface area contributed by atoms with Crippen LogP contribution in [0.4, 0.5) is 5.82 Å². The number of nitrogen functional groups attached to an aromatic ring is 1. The number of aryl methyl sites for hydroxylation is 1. The van der Waals surface area contributed by atoms with Crippen molar-refractivity contribution in [3.05, 3.63) is 46.4 Å². The van der Waals surface area contributed by atoms with E-state index < -0.39 is 0 Å². The highest BCUT2D eigenvalue weighted by atomic mass is 15.1. The molecule has 1 aliphatic rings. The molecule has 0 radical (unpaired) electrons. The van der Waals surface area contributed by atoms with Crippen molar-refractivity contribution in [1.29, 1.82) is 0 Å². The number of fused-ring (bicyclic) bond motifs is 1. The molecule has 2 N–H and O–H groups in total. The standard InChI is InChI=1S/C15H18N4/c1-9-10(2)15(16)19-18-13(9)12-7-3-5-11-6-4-8-17-14(11)12/h4,6,8,12H,3,5,7H2,1-2H3,(H2,16,19). The molecule has 1 aliphatic carbocycles. The molecule has 0 saturated heterocycles. The van der Waals surface area contributed by atoms with Crippen LogP contribution in [-0.2, 0) is 6.42 Å². The number of rotatable bonds is 1. The quantitative estimate of drug-likeness (QED) is 0.849. The summed E-state index contributed by atoms with van der Waals surface area (Å²) in [7, 11) is 0. The minimum Gasteiger partial charge on any atom is -0.382 e. The second-order valence-electron chi connectivity index (χ2n) is 5.21. The highest BCUT2D eigenvalue weighted by Crippen LogP contribution is 2.36. The number of anilines is 1. The second kappa shape index (κ2) is 4.61. The summed E-state index contributed by atoms with van der Waals surface area (Å²) in [6, 6.07) is 4.18. The molecule has 19 heavy (non-hydrogen) atoms. The van der Waals surface area contributed by atoms with E-state index in [0.29, 0.717) is 5.82 Å². The van der Waals surface area contributed by atoms with Crippen LogP contribution in [-0.4, -0.2) is 15.2 Å². The van der Waals surface area contributed by atoms with Crippen LogP contribution in [0.5, 0.6) is 0 Å². The first-order chi connectivity index (χ1) is 9.18. The molecule has 2 aromatic rings. The Hall–Kier alpha value is -1.97.